The molecule has 0 N–H and O–H groups in total. The van der Waals surface area contributed by atoms with E-state index in [0.29, 0.717) is 33.0 Å². The third-order valence-corrected chi connectivity index (χ3v) is 9.28. The van der Waals surface area contributed by atoms with Crippen LogP contribution in [0.4, 0.5) is 28.0 Å². The third-order valence-electron chi connectivity index (χ3n) is 9.28. The lowest BCUT2D eigenvalue weighted by atomic mass is 9.94. The molecule has 7 nitrogen and oxygen atoms in total. The Morgan fingerprint density at radius 2 is 1.52 bits per heavy atom. The normalized spacial score (nSPS) is 21.8. The largest absolute Gasteiger partial charge is 0.427 e. The fourth-order valence-corrected chi connectivity index (χ4v) is 7.04. The van der Waals surface area contributed by atoms with Crippen LogP contribution < -0.4 is 0 Å². The maximum absolute atomic E-state index is 14.1. The van der Waals surface area contributed by atoms with E-state index in [1.807, 2.05) is 66.7 Å². The number of carbonyl (C=O) groups is 3. The number of nitrogens with zero attached hydrogens (tertiary/aromatic N) is 3. The number of hydrogen-bond acceptors (Lipinski definition) is 5. The topological polar surface area (TPSA) is 79.3 Å². The van der Waals surface area contributed by atoms with Crippen LogP contribution in [0.3, 0.4) is 0 Å². The number of fused-ring (bicyclic) bond motifs is 2. The highest BCUT2D eigenvalue weighted by Gasteiger charge is 2.59. The van der Waals surface area contributed by atoms with Gasteiger partial charge in [-0.3, -0.25) is 9.59 Å². The number of benzene rings is 4. The van der Waals surface area contributed by atoms with Crippen LogP contribution in [-0.4, -0.2) is 52.2 Å². The third kappa shape index (κ3) is 5.52. The zero-order chi connectivity index (χ0) is 33.6. The van der Waals surface area contributed by atoms with E-state index in [2.05, 4.69) is 0 Å². The molecule has 4 aromatic rings. The highest BCUT2D eigenvalue weighted by molar-refractivity contribution is 6.14. The van der Waals surface area contributed by atoms with Gasteiger partial charge in [0.1, 0.15) is 18.4 Å². The molecule has 1 aliphatic carbocycles. The maximum atomic E-state index is 14.1. The molecule has 244 valence electrons. The Labute approximate surface area is 273 Å². The van der Waals surface area contributed by atoms with E-state index in [-0.39, 0.29) is 19.3 Å². The van der Waals surface area contributed by atoms with Gasteiger partial charge in [-0.05, 0) is 54.7 Å². The van der Waals surface area contributed by atoms with Crippen molar-refractivity contribution in [3.05, 3.63) is 137 Å². The first-order valence-corrected chi connectivity index (χ1v) is 15.6. The van der Waals surface area contributed by atoms with E-state index in [1.165, 1.54) is 12.1 Å². The van der Waals surface area contributed by atoms with Crippen molar-refractivity contribution in [1.29, 1.82) is 0 Å². The van der Waals surface area contributed by atoms with Crippen molar-refractivity contribution < 1.29 is 36.7 Å². The first-order chi connectivity index (χ1) is 23.0. The summed E-state index contributed by atoms with van der Waals surface area (Å²) in [6, 6.07) is 26.4. The van der Waals surface area contributed by atoms with Crippen molar-refractivity contribution in [1.82, 2.24) is 9.80 Å². The maximum Gasteiger partial charge on any atom is 0.418 e. The Kier molecular flexibility index (Phi) is 7.85. The lowest BCUT2D eigenvalue weighted by molar-refractivity contribution is -0.186. The van der Waals surface area contributed by atoms with Gasteiger partial charge in [0.05, 0.1) is 17.4 Å². The molecule has 0 radical (unpaired) electrons. The van der Waals surface area contributed by atoms with Gasteiger partial charge in [0, 0.05) is 23.1 Å². The van der Waals surface area contributed by atoms with Crippen LogP contribution in [0.2, 0.25) is 0 Å². The zero-order valence-electron chi connectivity index (χ0n) is 25.5. The van der Waals surface area contributed by atoms with Crippen molar-refractivity contribution in [2.24, 2.45) is 4.99 Å². The van der Waals surface area contributed by atoms with Crippen molar-refractivity contribution in [3.63, 3.8) is 0 Å². The van der Waals surface area contributed by atoms with Gasteiger partial charge in [-0.25, -0.2) is 19.1 Å². The average Bonchev–Trinajstić information content (AvgIpc) is 3.76. The Morgan fingerprint density at radius 3 is 2.15 bits per heavy atom. The SMILES string of the molecule is O=C1O[C@@]2(CCc3cc(N=C(c4ccccc4)c4ccccc4)ccc32)C(=O)N1CC(=O)N1[C@H](c2ccc(F)cc2)CC[C@@H]1C(F)(F)F. The Bertz CT molecular complexity index is 1870. The fourth-order valence-electron chi connectivity index (χ4n) is 7.04. The van der Waals surface area contributed by atoms with E-state index >= 15 is 0 Å². The molecule has 48 heavy (non-hydrogen) atoms. The molecule has 7 rings (SSSR count). The summed E-state index contributed by atoms with van der Waals surface area (Å²) in [5.41, 5.74) is 3.01. The van der Waals surface area contributed by atoms with Crippen LogP contribution in [0.5, 0.6) is 0 Å². The summed E-state index contributed by atoms with van der Waals surface area (Å²) in [7, 11) is 0. The van der Waals surface area contributed by atoms with Crippen LogP contribution in [0, 0.1) is 5.82 Å². The molecule has 4 aromatic carbocycles. The van der Waals surface area contributed by atoms with E-state index in [0.717, 1.165) is 34.5 Å². The molecule has 2 aliphatic heterocycles. The van der Waals surface area contributed by atoms with Gasteiger partial charge >= 0.3 is 12.3 Å². The van der Waals surface area contributed by atoms with Gasteiger partial charge < -0.3 is 9.64 Å². The predicted octanol–water partition coefficient (Wildman–Crippen LogP) is 7.41. The summed E-state index contributed by atoms with van der Waals surface area (Å²) in [5.74, 6) is -2.42. The molecule has 0 unspecified atom stereocenters. The molecule has 3 atom stereocenters. The smallest absolute Gasteiger partial charge is 0.418 e. The Morgan fingerprint density at radius 1 is 0.875 bits per heavy atom. The van der Waals surface area contributed by atoms with E-state index in [9.17, 15) is 31.9 Å². The number of rotatable bonds is 6. The Hall–Kier alpha value is -5.32. The van der Waals surface area contributed by atoms with Gasteiger partial charge in [0.15, 0.2) is 0 Å². The lowest BCUT2D eigenvalue weighted by Crippen LogP contribution is -2.50. The lowest BCUT2D eigenvalue weighted by Gasteiger charge is -2.32. The molecule has 3 amide bonds. The molecule has 11 heteroatoms. The average molecular weight is 656 g/mol. The van der Waals surface area contributed by atoms with Crippen LogP contribution >= 0.6 is 0 Å². The molecule has 3 aliphatic rings. The second-order valence-electron chi connectivity index (χ2n) is 12.1. The monoisotopic (exact) mass is 655 g/mol. The summed E-state index contributed by atoms with van der Waals surface area (Å²) in [5, 5.41) is 0. The van der Waals surface area contributed by atoms with Crippen LogP contribution in [0.15, 0.2) is 108 Å². The summed E-state index contributed by atoms with van der Waals surface area (Å²) in [6.07, 6.45) is -5.73. The second kappa shape index (κ2) is 12.0. The zero-order valence-corrected chi connectivity index (χ0v) is 25.5. The van der Waals surface area contributed by atoms with Crippen molar-refractivity contribution in [2.45, 2.75) is 49.5 Å². The molecular weight excluding hydrogens is 626 g/mol. The van der Waals surface area contributed by atoms with Crippen LogP contribution in [0.1, 0.15) is 53.1 Å². The van der Waals surface area contributed by atoms with Gasteiger partial charge in [-0.2, -0.15) is 13.2 Å². The first-order valence-electron chi connectivity index (χ1n) is 15.6. The highest BCUT2D eigenvalue weighted by atomic mass is 19.4. The van der Waals surface area contributed by atoms with Gasteiger partial charge in [0.2, 0.25) is 11.5 Å². The van der Waals surface area contributed by atoms with E-state index in [1.54, 1.807) is 12.1 Å². The molecule has 2 saturated heterocycles. The number of alkyl halides is 3. The molecular formula is C37H29F4N3O4. The van der Waals surface area contributed by atoms with Crippen molar-refractivity contribution in [3.8, 4) is 0 Å². The standard InChI is InChI=1S/C37H29F4N3O4/c38-27-13-11-23(12-14-27)30-17-18-31(37(39,40)41)44(30)32(45)22-43-34(46)36(48-35(43)47)20-19-26-21-28(15-16-29(26)36)42-33(24-7-3-1-4-8-24)25-9-5-2-6-10-25/h1-16,21,30-31H,17-20,22H2/t30-,31+,36+/m0/s1. The minimum Gasteiger partial charge on any atom is -0.427 e. The molecule has 0 aromatic heterocycles. The number of amides is 3. The van der Waals surface area contributed by atoms with Crippen molar-refractivity contribution in [2.75, 3.05) is 6.54 Å². The minimum absolute atomic E-state index is 0.0155. The van der Waals surface area contributed by atoms with Crippen molar-refractivity contribution >= 4 is 29.3 Å². The number of ether oxygens (including phenoxy) is 1. The van der Waals surface area contributed by atoms with E-state index in [4.69, 9.17) is 9.73 Å². The van der Waals surface area contributed by atoms with E-state index < -0.39 is 54.1 Å². The number of imide groups is 1. The van der Waals surface area contributed by atoms with Gasteiger partial charge in [-0.15, -0.1) is 0 Å². The molecule has 1 spiro atoms. The number of aliphatic imine (C=N–C) groups is 1. The molecule has 0 saturated carbocycles. The summed E-state index contributed by atoms with van der Waals surface area (Å²) in [6.45, 7) is -0.918. The fraction of sp³-hybridized carbons (Fsp3) is 0.243. The number of halogens is 4. The highest BCUT2D eigenvalue weighted by Crippen LogP contribution is 2.47. The Balaban J connectivity index is 1.16. The van der Waals surface area contributed by atoms with Gasteiger partial charge in [-0.1, -0.05) is 78.9 Å². The summed E-state index contributed by atoms with van der Waals surface area (Å²) >= 11 is 0. The van der Waals surface area contributed by atoms with Crippen LogP contribution in [0.25, 0.3) is 0 Å². The minimum atomic E-state index is -4.74. The first kappa shape index (κ1) is 31.3. The summed E-state index contributed by atoms with van der Waals surface area (Å²) < 4.78 is 61.4. The quantitative estimate of drug-likeness (QED) is 0.160. The number of hydrogen-bond donors (Lipinski definition) is 0. The molecule has 2 heterocycles. The van der Waals surface area contributed by atoms with Crippen LogP contribution in [-0.2, 0) is 26.3 Å². The number of likely N-dealkylation sites (tertiary alicyclic amines) is 1. The molecule has 2 fully saturated rings. The van der Waals surface area contributed by atoms with Gasteiger partial charge in [0.25, 0.3) is 5.91 Å². The predicted molar refractivity (Wildman–Crippen MR) is 168 cm³/mol. The summed E-state index contributed by atoms with van der Waals surface area (Å²) in [4.78, 5) is 46.8. The number of aryl methyl sites for hydroxylation is 1. The molecule has 0 bridgehead atoms. The second-order valence-corrected chi connectivity index (χ2v) is 12.1. The number of carbonyl (C=O) groups excluding carboxylic acids is 3.